The molecule has 6 heteroatoms. The SMILES string of the molecule is CC(C)(C)CNc1cc(N2CC[C@@H](N)C2)nc(N)n1. The topological polar surface area (TPSA) is 93.1 Å². The van der Waals surface area contributed by atoms with E-state index in [1.54, 1.807) is 0 Å². The Bertz CT molecular complexity index is 439. The number of nitrogen functional groups attached to an aromatic ring is 1. The summed E-state index contributed by atoms with van der Waals surface area (Å²) in [7, 11) is 0. The summed E-state index contributed by atoms with van der Waals surface area (Å²) in [6, 6.07) is 2.17. The predicted molar refractivity (Wildman–Crippen MR) is 79.2 cm³/mol. The molecular weight excluding hydrogens is 240 g/mol. The summed E-state index contributed by atoms with van der Waals surface area (Å²) in [5, 5.41) is 3.31. The van der Waals surface area contributed by atoms with Gasteiger partial charge in [0, 0.05) is 31.7 Å². The van der Waals surface area contributed by atoms with Crippen LogP contribution in [0.15, 0.2) is 6.07 Å². The van der Waals surface area contributed by atoms with Crippen LogP contribution in [-0.4, -0.2) is 35.6 Å². The molecule has 5 N–H and O–H groups in total. The Balaban J connectivity index is 2.11. The van der Waals surface area contributed by atoms with Crippen LogP contribution in [0.4, 0.5) is 17.6 Å². The summed E-state index contributed by atoms with van der Waals surface area (Å²) in [6.07, 6.45) is 0.995. The van der Waals surface area contributed by atoms with Crippen LogP contribution in [-0.2, 0) is 0 Å². The van der Waals surface area contributed by atoms with Crippen LogP contribution in [0, 0.1) is 5.41 Å². The van der Waals surface area contributed by atoms with Crippen molar-refractivity contribution in [1.82, 2.24) is 9.97 Å². The van der Waals surface area contributed by atoms with E-state index in [9.17, 15) is 0 Å². The van der Waals surface area contributed by atoms with Crippen LogP contribution in [0.25, 0.3) is 0 Å². The van der Waals surface area contributed by atoms with Gasteiger partial charge >= 0.3 is 0 Å². The molecule has 1 aromatic rings. The van der Waals surface area contributed by atoms with Gasteiger partial charge in [-0.05, 0) is 11.8 Å². The minimum Gasteiger partial charge on any atom is -0.369 e. The molecule has 106 valence electrons. The average Bonchev–Trinajstić information content (AvgIpc) is 2.72. The molecular formula is C13H24N6. The van der Waals surface area contributed by atoms with Gasteiger partial charge in [0.1, 0.15) is 11.6 Å². The van der Waals surface area contributed by atoms with Gasteiger partial charge in [-0.1, -0.05) is 20.8 Å². The van der Waals surface area contributed by atoms with Gasteiger partial charge in [0.15, 0.2) is 0 Å². The van der Waals surface area contributed by atoms with Crippen molar-refractivity contribution in [2.24, 2.45) is 11.1 Å². The lowest BCUT2D eigenvalue weighted by atomic mass is 9.97. The third-order valence-corrected chi connectivity index (χ3v) is 3.08. The molecule has 0 bridgehead atoms. The van der Waals surface area contributed by atoms with E-state index < -0.39 is 0 Å². The maximum absolute atomic E-state index is 5.92. The Morgan fingerprint density at radius 2 is 2.16 bits per heavy atom. The first kappa shape index (κ1) is 13.9. The number of nitrogens with two attached hydrogens (primary N) is 2. The summed E-state index contributed by atoms with van der Waals surface area (Å²) in [6.45, 7) is 9.11. The van der Waals surface area contributed by atoms with Crippen molar-refractivity contribution in [2.45, 2.75) is 33.2 Å². The van der Waals surface area contributed by atoms with E-state index in [0.29, 0.717) is 5.95 Å². The molecule has 0 saturated carbocycles. The smallest absolute Gasteiger partial charge is 0.223 e. The molecule has 2 heterocycles. The molecule has 1 fully saturated rings. The van der Waals surface area contributed by atoms with Gasteiger partial charge in [-0.25, -0.2) is 0 Å². The molecule has 0 aliphatic carbocycles. The van der Waals surface area contributed by atoms with Gasteiger partial charge in [-0.2, -0.15) is 9.97 Å². The number of aromatic nitrogens is 2. The highest BCUT2D eigenvalue weighted by molar-refractivity contribution is 5.53. The molecule has 1 atom stereocenters. The molecule has 0 unspecified atom stereocenters. The fraction of sp³-hybridized carbons (Fsp3) is 0.692. The molecule has 1 saturated heterocycles. The number of nitrogens with one attached hydrogen (secondary N) is 1. The van der Waals surface area contributed by atoms with E-state index in [4.69, 9.17) is 11.5 Å². The molecule has 2 rings (SSSR count). The van der Waals surface area contributed by atoms with Crippen LogP contribution < -0.4 is 21.7 Å². The second-order valence-electron chi connectivity index (χ2n) is 6.38. The zero-order valence-electron chi connectivity index (χ0n) is 12.0. The van der Waals surface area contributed by atoms with Crippen molar-refractivity contribution in [3.05, 3.63) is 6.07 Å². The Morgan fingerprint density at radius 1 is 1.42 bits per heavy atom. The van der Waals surface area contributed by atoms with E-state index >= 15 is 0 Å². The maximum Gasteiger partial charge on any atom is 0.223 e. The number of hydrogen-bond acceptors (Lipinski definition) is 6. The van der Waals surface area contributed by atoms with E-state index in [2.05, 4.69) is 41.0 Å². The molecule has 0 amide bonds. The van der Waals surface area contributed by atoms with Crippen LogP contribution in [0.5, 0.6) is 0 Å². The Labute approximate surface area is 114 Å². The van der Waals surface area contributed by atoms with Crippen molar-refractivity contribution in [3.63, 3.8) is 0 Å². The lowest BCUT2D eigenvalue weighted by molar-refractivity contribution is 0.442. The second kappa shape index (κ2) is 5.21. The number of rotatable bonds is 3. The number of nitrogens with zero attached hydrogens (tertiary/aromatic N) is 3. The normalized spacial score (nSPS) is 19.8. The van der Waals surface area contributed by atoms with Gasteiger partial charge in [0.25, 0.3) is 0 Å². The zero-order chi connectivity index (χ0) is 14.0. The van der Waals surface area contributed by atoms with Crippen LogP contribution >= 0.6 is 0 Å². The quantitative estimate of drug-likeness (QED) is 0.755. The molecule has 19 heavy (non-hydrogen) atoms. The molecule has 1 aliphatic rings. The highest BCUT2D eigenvalue weighted by Crippen LogP contribution is 2.22. The predicted octanol–water partition coefficient (Wildman–Crippen LogP) is 1.05. The number of hydrogen-bond donors (Lipinski definition) is 3. The Kier molecular flexibility index (Phi) is 3.80. The Morgan fingerprint density at radius 3 is 2.74 bits per heavy atom. The fourth-order valence-electron chi connectivity index (χ4n) is 2.06. The summed E-state index contributed by atoms with van der Waals surface area (Å²) >= 11 is 0. The zero-order valence-corrected chi connectivity index (χ0v) is 12.0. The van der Waals surface area contributed by atoms with Gasteiger partial charge < -0.3 is 21.7 Å². The Hall–Kier alpha value is -1.56. The fourth-order valence-corrected chi connectivity index (χ4v) is 2.06. The first-order valence-corrected chi connectivity index (χ1v) is 6.72. The monoisotopic (exact) mass is 264 g/mol. The molecule has 1 aliphatic heterocycles. The van der Waals surface area contributed by atoms with E-state index in [1.807, 2.05) is 6.07 Å². The first-order valence-electron chi connectivity index (χ1n) is 6.72. The highest BCUT2D eigenvalue weighted by Gasteiger charge is 2.21. The largest absolute Gasteiger partial charge is 0.369 e. The standard InChI is InChI=1S/C13H24N6/c1-13(2,3)8-16-10-6-11(18-12(15)17-10)19-5-4-9(14)7-19/h6,9H,4-5,7-8,14H2,1-3H3,(H3,15,16,17,18)/t9-/m1/s1. The minimum absolute atomic E-state index is 0.190. The molecule has 0 spiro atoms. The van der Waals surface area contributed by atoms with Gasteiger partial charge in [0.05, 0.1) is 0 Å². The molecule has 0 aromatic carbocycles. The van der Waals surface area contributed by atoms with Crippen molar-refractivity contribution in [1.29, 1.82) is 0 Å². The summed E-state index contributed by atoms with van der Waals surface area (Å²) in [5.41, 5.74) is 11.9. The van der Waals surface area contributed by atoms with E-state index in [0.717, 1.165) is 37.7 Å². The summed E-state index contributed by atoms with van der Waals surface area (Å²) < 4.78 is 0. The lowest BCUT2D eigenvalue weighted by Crippen LogP contribution is -2.27. The highest BCUT2D eigenvalue weighted by atomic mass is 15.2. The third-order valence-electron chi connectivity index (χ3n) is 3.08. The van der Waals surface area contributed by atoms with Crippen LogP contribution in [0.3, 0.4) is 0 Å². The maximum atomic E-state index is 5.92. The second-order valence-corrected chi connectivity index (χ2v) is 6.38. The summed E-state index contributed by atoms with van der Waals surface area (Å²) in [5.74, 6) is 1.93. The van der Waals surface area contributed by atoms with Gasteiger partial charge in [0.2, 0.25) is 5.95 Å². The van der Waals surface area contributed by atoms with E-state index in [-0.39, 0.29) is 11.5 Å². The van der Waals surface area contributed by atoms with Crippen molar-refractivity contribution in [3.8, 4) is 0 Å². The molecule has 6 nitrogen and oxygen atoms in total. The average molecular weight is 264 g/mol. The van der Waals surface area contributed by atoms with Crippen molar-refractivity contribution >= 4 is 17.6 Å². The molecule has 0 radical (unpaired) electrons. The third kappa shape index (κ3) is 3.96. The molecule has 1 aromatic heterocycles. The van der Waals surface area contributed by atoms with Crippen LogP contribution in [0.2, 0.25) is 0 Å². The van der Waals surface area contributed by atoms with Crippen molar-refractivity contribution < 1.29 is 0 Å². The lowest BCUT2D eigenvalue weighted by Gasteiger charge is -2.21. The number of anilines is 3. The van der Waals surface area contributed by atoms with Crippen molar-refractivity contribution in [2.75, 3.05) is 35.6 Å². The minimum atomic E-state index is 0.190. The summed E-state index contributed by atoms with van der Waals surface area (Å²) in [4.78, 5) is 10.7. The van der Waals surface area contributed by atoms with E-state index in [1.165, 1.54) is 0 Å². The van der Waals surface area contributed by atoms with Gasteiger partial charge in [-0.15, -0.1) is 0 Å². The first-order chi connectivity index (χ1) is 8.83. The van der Waals surface area contributed by atoms with Gasteiger partial charge in [-0.3, -0.25) is 0 Å². The van der Waals surface area contributed by atoms with Crippen LogP contribution in [0.1, 0.15) is 27.2 Å².